The van der Waals surface area contributed by atoms with Crippen LogP contribution in [0.3, 0.4) is 0 Å². The van der Waals surface area contributed by atoms with Crippen LogP contribution in [0.5, 0.6) is 11.5 Å². The van der Waals surface area contributed by atoms with Crippen molar-refractivity contribution in [1.29, 1.82) is 0 Å². The Kier molecular flexibility index (Phi) is 4.54. The zero-order valence-electron chi connectivity index (χ0n) is 14.0. The van der Waals surface area contributed by atoms with Crippen molar-refractivity contribution in [2.45, 2.75) is 5.54 Å². The molecule has 24 heavy (non-hydrogen) atoms. The lowest BCUT2D eigenvalue weighted by Gasteiger charge is -2.28. The lowest BCUT2D eigenvalue weighted by Crippen LogP contribution is -2.71. The number of quaternary nitrogens is 1. The monoisotopic (exact) mass is 320 g/mol. The van der Waals surface area contributed by atoms with Crippen LogP contribution >= 0.6 is 0 Å². The fourth-order valence-corrected chi connectivity index (χ4v) is 2.97. The van der Waals surface area contributed by atoms with Gasteiger partial charge in [0, 0.05) is 16.7 Å². The minimum absolute atomic E-state index is 0.500. The van der Waals surface area contributed by atoms with Crippen LogP contribution in [-0.2, 0) is 5.54 Å². The zero-order chi connectivity index (χ0) is 17.0. The van der Waals surface area contributed by atoms with Gasteiger partial charge >= 0.3 is 0 Å². The summed E-state index contributed by atoms with van der Waals surface area (Å²) in [5.74, 6) is 1.67. The first-order chi connectivity index (χ1) is 11.7. The van der Waals surface area contributed by atoms with Crippen LogP contribution in [0.4, 0.5) is 0 Å². The van der Waals surface area contributed by atoms with Crippen molar-refractivity contribution in [1.82, 2.24) is 0 Å². The fraction of sp³-hybridized carbons (Fsp3) is 0.143. The van der Waals surface area contributed by atoms with Crippen molar-refractivity contribution in [2.24, 2.45) is 0 Å². The SMILES string of the molecule is COc1ccc(C([NH3+])(c2ccccc2)c2ccc(OC)cc2)cc1. The highest BCUT2D eigenvalue weighted by molar-refractivity contribution is 5.48. The van der Waals surface area contributed by atoms with Gasteiger partial charge in [-0.2, -0.15) is 0 Å². The summed E-state index contributed by atoms with van der Waals surface area (Å²) < 4.78 is 10.6. The Morgan fingerprint density at radius 2 is 0.958 bits per heavy atom. The van der Waals surface area contributed by atoms with E-state index in [-0.39, 0.29) is 0 Å². The molecule has 0 amide bonds. The quantitative estimate of drug-likeness (QED) is 0.734. The Labute approximate surface area is 142 Å². The molecule has 0 atom stereocenters. The highest BCUT2D eigenvalue weighted by atomic mass is 16.5. The van der Waals surface area contributed by atoms with E-state index in [0.29, 0.717) is 0 Å². The van der Waals surface area contributed by atoms with Crippen molar-refractivity contribution < 1.29 is 15.2 Å². The van der Waals surface area contributed by atoms with Crippen LogP contribution in [0.1, 0.15) is 16.7 Å². The van der Waals surface area contributed by atoms with E-state index in [1.165, 1.54) is 0 Å². The molecule has 0 unspecified atom stereocenters. The second-order valence-electron chi connectivity index (χ2n) is 5.73. The van der Waals surface area contributed by atoms with Gasteiger partial charge in [0.1, 0.15) is 11.5 Å². The van der Waals surface area contributed by atoms with Crippen molar-refractivity contribution >= 4 is 0 Å². The van der Waals surface area contributed by atoms with Gasteiger partial charge in [0.15, 0.2) is 5.54 Å². The molecular formula is C21H22NO2+. The van der Waals surface area contributed by atoms with Crippen LogP contribution in [0.2, 0.25) is 0 Å². The van der Waals surface area contributed by atoms with E-state index in [2.05, 4.69) is 42.1 Å². The number of ether oxygens (including phenoxy) is 2. The second kappa shape index (κ2) is 6.77. The highest BCUT2D eigenvalue weighted by Crippen LogP contribution is 2.34. The van der Waals surface area contributed by atoms with Gasteiger partial charge in [-0.1, -0.05) is 30.3 Å². The molecule has 0 aliphatic heterocycles. The lowest BCUT2D eigenvalue weighted by molar-refractivity contribution is -0.455. The molecule has 0 fully saturated rings. The van der Waals surface area contributed by atoms with E-state index in [1.807, 2.05) is 42.5 Å². The summed E-state index contributed by atoms with van der Waals surface area (Å²) >= 11 is 0. The second-order valence-corrected chi connectivity index (χ2v) is 5.73. The van der Waals surface area contributed by atoms with Crippen molar-refractivity contribution in [3.8, 4) is 11.5 Å². The van der Waals surface area contributed by atoms with E-state index < -0.39 is 5.54 Å². The average Bonchev–Trinajstić information content (AvgIpc) is 2.68. The number of benzene rings is 3. The fourth-order valence-electron chi connectivity index (χ4n) is 2.97. The molecule has 3 aromatic rings. The van der Waals surface area contributed by atoms with Crippen LogP contribution in [0, 0.1) is 0 Å². The van der Waals surface area contributed by atoms with Crippen LogP contribution in [-0.4, -0.2) is 14.2 Å². The van der Waals surface area contributed by atoms with Gasteiger partial charge in [-0.05, 0) is 48.5 Å². The summed E-state index contributed by atoms with van der Waals surface area (Å²) in [6.45, 7) is 0. The maximum absolute atomic E-state index is 5.29. The molecule has 0 heterocycles. The lowest BCUT2D eigenvalue weighted by atomic mass is 9.78. The first-order valence-electron chi connectivity index (χ1n) is 7.88. The summed E-state index contributed by atoms with van der Waals surface area (Å²) in [6.07, 6.45) is 0. The minimum atomic E-state index is -0.500. The number of methoxy groups -OCH3 is 2. The zero-order valence-corrected chi connectivity index (χ0v) is 14.0. The van der Waals surface area contributed by atoms with Crippen LogP contribution in [0.15, 0.2) is 78.9 Å². The van der Waals surface area contributed by atoms with Gasteiger partial charge in [-0.3, -0.25) is 0 Å². The minimum Gasteiger partial charge on any atom is -0.497 e. The van der Waals surface area contributed by atoms with Crippen molar-refractivity contribution in [3.63, 3.8) is 0 Å². The third kappa shape index (κ3) is 2.86. The molecule has 3 heteroatoms. The smallest absolute Gasteiger partial charge is 0.172 e. The van der Waals surface area contributed by atoms with Gasteiger partial charge < -0.3 is 15.2 Å². The van der Waals surface area contributed by atoms with Crippen LogP contribution < -0.4 is 15.2 Å². The number of hydrogen-bond acceptors (Lipinski definition) is 2. The average molecular weight is 320 g/mol. The molecule has 0 aliphatic carbocycles. The molecule has 3 nitrogen and oxygen atoms in total. The predicted molar refractivity (Wildman–Crippen MR) is 95.2 cm³/mol. The summed E-state index contributed by atoms with van der Waals surface area (Å²) in [6, 6.07) is 26.5. The van der Waals surface area contributed by atoms with Gasteiger partial charge in [-0.15, -0.1) is 0 Å². The number of hydrogen-bond donors (Lipinski definition) is 1. The van der Waals surface area contributed by atoms with Crippen molar-refractivity contribution in [3.05, 3.63) is 95.6 Å². The Balaban J connectivity index is 2.16. The Morgan fingerprint density at radius 1 is 0.583 bits per heavy atom. The molecule has 0 aliphatic rings. The Morgan fingerprint density at radius 3 is 1.33 bits per heavy atom. The van der Waals surface area contributed by atoms with E-state index in [4.69, 9.17) is 9.47 Å². The maximum atomic E-state index is 5.29. The summed E-state index contributed by atoms with van der Waals surface area (Å²) in [7, 11) is 3.35. The first kappa shape index (κ1) is 16.1. The van der Waals surface area contributed by atoms with Gasteiger partial charge in [0.25, 0.3) is 0 Å². The first-order valence-corrected chi connectivity index (χ1v) is 7.88. The molecule has 3 N–H and O–H groups in total. The molecule has 0 bridgehead atoms. The highest BCUT2D eigenvalue weighted by Gasteiger charge is 2.36. The van der Waals surface area contributed by atoms with E-state index >= 15 is 0 Å². The molecule has 0 saturated heterocycles. The van der Waals surface area contributed by atoms with E-state index in [1.54, 1.807) is 14.2 Å². The molecule has 0 saturated carbocycles. The Hall–Kier alpha value is -2.78. The van der Waals surface area contributed by atoms with Gasteiger partial charge in [0.05, 0.1) is 14.2 Å². The maximum Gasteiger partial charge on any atom is 0.172 e. The molecule has 3 rings (SSSR count). The third-order valence-electron chi connectivity index (χ3n) is 4.43. The van der Waals surface area contributed by atoms with Gasteiger partial charge in [0.2, 0.25) is 0 Å². The number of rotatable bonds is 5. The summed E-state index contributed by atoms with van der Waals surface area (Å²) in [4.78, 5) is 0. The Bertz CT molecular complexity index is 733. The van der Waals surface area contributed by atoms with Crippen LogP contribution in [0.25, 0.3) is 0 Å². The third-order valence-corrected chi connectivity index (χ3v) is 4.43. The molecule has 0 radical (unpaired) electrons. The van der Waals surface area contributed by atoms with Gasteiger partial charge in [-0.25, -0.2) is 0 Å². The summed E-state index contributed by atoms with van der Waals surface area (Å²) in [5, 5.41) is 0. The molecular weight excluding hydrogens is 298 g/mol. The normalized spacial score (nSPS) is 11.1. The van der Waals surface area contributed by atoms with E-state index in [9.17, 15) is 0 Å². The standard InChI is InChI=1S/C21H21NO2/c1-23-19-12-8-17(9-13-19)21(22,16-6-4-3-5-7-16)18-10-14-20(24-2)15-11-18/h3-15H,22H2,1-2H3/p+1. The molecule has 0 spiro atoms. The largest absolute Gasteiger partial charge is 0.497 e. The molecule has 122 valence electrons. The molecule has 3 aromatic carbocycles. The predicted octanol–water partition coefficient (Wildman–Crippen LogP) is 3.24. The van der Waals surface area contributed by atoms with E-state index in [0.717, 1.165) is 28.2 Å². The van der Waals surface area contributed by atoms with Crippen molar-refractivity contribution in [2.75, 3.05) is 14.2 Å². The topological polar surface area (TPSA) is 46.1 Å². The summed E-state index contributed by atoms with van der Waals surface area (Å²) in [5.41, 5.74) is 7.47. The molecule has 0 aromatic heterocycles.